The molecule has 1 atom stereocenters. The molecule has 0 fully saturated rings. The Kier molecular flexibility index (Phi) is 4.09. The van der Waals surface area contributed by atoms with Gasteiger partial charge in [0.1, 0.15) is 11.8 Å². The fourth-order valence-corrected chi connectivity index (χ4v) is 2.47. The van der Waals surface area contributed by atoms with Gasteiger partial charge in [-0.2, -0.15) is 0 Å². The number of carbonyl (C=O) groups excluding carboxylic acids is 1. The molecule has 1 unspecified atom stereocenters. The zero-order valence-electron chi connectivity index (χ0n) is 11.5. The van der Waals surface area contributed by atoms with Gasteiger partial charge in [-0.15, -0.1) is 0 Å². The Morgan fingerprint density at radius 2 is 2.18 bits per heavy atom. The first-order valence-electron chi connectivity index (χ1n) is 6.69. The molecule has 0 aliphatic carbocycles. The van der Waals surface area contributed by atoms with E-state index in [1.54, 1.807) is 42.6 Å². The van der Waals surface area contributed by atoms with Crippen LogP contribution in [0, 0.1) is 0 Å². The molecule has 112 valence electrons. The zero-order valence-corrected chi connectivity index (χ0v) is 12.2. The quantitative estimate of drug-likeness (QED) is 0.776. The number of aromatic nitrogens is 1. The highest BCUT2D eigenvalue weighted by Gasteiger charge is 2.19. The monoisotopic (exact) mass is 316 g/mol. The molecule has 0 spiro atoms. The van der Waals surface area contributed by atoms with Crippen molar-refractivity contribution in [2.45, 2.75) is 6.04 Å². The van der Waals surface area contributed by atoms with Crippen LogP contribution in [0.5, 0.6) is 0 Å². The second kappa shape index (κ2) is 6.17. The lowest BCUT2D eigenvalue weighted by Gasteiger charge is -2.15. The van der Waals surface area contributed by atoms with Crippen LogP contribution in [0.15, 0.2) is 53.3 Å². The van der Waals surface area contributed by atoms with Crippen LogP contribution in [0.25, 0.3) is 10.9 Å². The highest BCUT2D eigenvalue weighted by Crippen LogP contribution is 2.25. The number of furan rings is 1. The molecule has 6 heteroatoms. The van der Waals surface area contributed by atoms with Gasteiger partial charge in [-0.05, 0) is 36.4 Å². The van der Waals surface area contributed by atoms with Gasteiger partial charge in [0.15, 0.2) is 0 Å². The standard InChI is InChI=1S/C16H13ClN2O3/c17-12-6-5-11(15-10(12)3-1-7-18-15)16(21)19-13(9-20)14-4-2-8-22-14/h1-8,13,20H,9H2,(H,19,21). The summed E-state index contributed by atoms with van der Waals surface area (Å²) in [4.78, 5) is 16.7. The van der Waals surface area contributed by atoms with Gasteiger partial charge in [-0.3, -0.25) is 9.78 Å². The molecule has 0 aliphatic heterocycles. The molecule has 0 radical (unpaired) electrons. The summed E-state index contributed by atoms with van der Waals surface area (Å²) in [6.07, 6.45) is 3.09. The van der Waals surface area contributed by atoms with Crippen LogP contribution >= 0.6 is 11.6 Å². The topological polar surface area (TPSA) is 75.4 Å². The molecule has 3 rings (SSSR count). The average molecular weight is 317 g/mol. The maximum atomic E-state index is 12.5. The molecular formula is C16H13ClN2O3. The van der Waals surface area contributed by atoms with E-state index in [1.165, 1.54) is 6.26 Å². The van der Waals surface area contributed by atoms with Crippen molar-refractivity contribution in [2.75, 3.05) is 6.61 Å². The number of hydrogen-bond acceptors (Lipinski definition) is 4. The summed E-state index contributed by atoms with van der Waals surface area (Å²) in [5.41, 5.74) is 0.911. The molecule has 0 saturated heterocycles. The normalized spacial score (nSPS) is 12.3. The summed E-state index contributed by atoms with van der Waals surface area (Å²) in [5.74, 6) is 0.137. The SMILES string of the molecule is O=C(NC(CO)c1ccco1)c1ccc(Cl)c2cccnc12. The van der Waals surface area contributed by atoms with E-state index in [-0.39, 0.29) is 12.5 Å². The van der Waals surface area contributed by atoms with E-state index >= 15 is 0 Å². The summed E-state index contributed by atoms with van der Waals surface area (Å²) >= 11 is 6.12. The first-order valence-corrected chi connectivity index (χ1v) is 7.07. The van der Waals surface area contributed by atoms with Crippen molar-refractivity contribution in [2.24, 2.45) is 0 Å². The Balaban J connectivity index is 1.94. The van der Waals surface area contributed by atoms with Crippen LogP contribution in [-0.4, -0.2) is 22.6 Å². The summed E-state index contributed by atoms with van der Waals surface area (Å²) in [6.45, 7) is -0.266. The highest BCUT2D eigenvalue weighted by atomic mass is 35.5. The molecule has 0 saturated carbocycles. The van der Waals surface area contributed by atoms with Gasteiger partial charge in [0, 0.05) is 11.6 Å². The summed E-state index contributed by atoms with van der Waals surface area (Å²) in [7, 11) is 0. The summed E-state index contributed by atoms with van der Waals surface area (Å²) < 4.78 is 5.22. The van der Waals surface area contributed by atoms with Crippen LogP contribution in [0.1, 0.15) is 22.2 Å². The average Bonchev–Trinajstić information content (AvgIpc) is 3.07. The van der Waals surface area contributed by atoms with E-state index in [9.17, 15) is 9.90 Å². The van der Waals surface area contributed by atoms with Gasteiger partial charge in [-0.25, -0.2) is 0 Å². The van der Waals surface area contributed by atoms with E-state index < -0.39 is 6.04 Å². The maximum Gasteiger partial charge on any atom is 0.254 e. The molecular weight excluding hydrogens is 304 g/mol. The summed E-state index contributed by atoms with van der Waals surface area (Å²) in [6, 6.07) is 9.61. The lowest BCUT2D eigenvalue weighted by atomic mass is 10.1. The predicted octanol–water partition coefficient (Wildman–Crippen LogP) is 2.94. The second-order valence-electron chi connectivity index (χ2n) is 4.72. The number of benzene rings is 1. The third kappa shape index (κ3) is 2.68. The molecule has 1 aromatic carbocycles. The van der Waals surface area contributed by atoms with Crippen LogP contribution in [0.2, 0.25) is 5.02 Å². The number of pyridine rings is 1. The molecule has 1 amide bonds. The van der Waals surface area contributed by atoms with Gasteiger partial charge >= 0.3 is 0 Å². The second-order valence-corrected chi connectivity index (χ2v) is 5.13. The number of hydrogen-bond donors (Lipinski definition) is 2. The van der Waals surface area contributed by atoms with E-state index in [4.69, 9.17) is 16.0 Å². The highest BCUT2D eigenvalue weighted by molar-refractivity contribution is 6.36. The number of carbonyl (C=O) groups is 1. The van der Waals surface area contributed by atoms with Crippen LogP contribution in [-0.2, 0) is 0 Å². The number of amides is 1. The molecule has 2 aromatic heterocycles. The third-order valence-electron chi connectivity index (χ3n) is 3.34. The number of nitrogens with zero attached hydrogens (tertiary/aromatic N) is 1. The fraction of sp³-hybridized carbons (Fsp3) is 0.125. The Bertz CT molecular complexity index is 802. The Morgan fingerprint density at radius 3 is 2.91 bits per heavy atom. The fourth-order valence-electron chi connectivity index (χ4n) is 2.25. The van der Waals surface area contributed by atoms with Crippen molar-refractivity contribution in [3.8, 4) is 0 Å². The third-order valence-corrected chi connectivity index (χ3v) is 3.67. The molecule has 0 bridgehead atoms. The minimum Gasteiger partial charge on any atom is -0.467 e. The van der Waals surface area contributed by atoms with E-state index in [2.05, 4.69) is 10.3 Å². The van der Waals surface area contributed by atoms with Crippen molar-refractivity contribution in [3.63, 3.8) is 0 Å². The van der Waals surface area contributed by atoms with E-state index in [1.807, 2.05) is 0 Å². The first kappa shape index (κ1) is 14.6. The Hall–Kier alpha value is -2.37. The molecule has 22 heavy (non-hydrogen) atoms. The number of nitrogens with one attached hydrogen (secondary N) is 1. The molecule has 5 nitrogen and oxygen atoms in total. The lowest BCUT2D eigenvalue weighted by Crippen LogP contribution is -2.30. The molecule has 2 N–H and O–H groups in total. The van der Waals surface area contributed by atoms with Gasteiger partial charge < -0.3 is 14.8 Å². The number of fused-ring (bicyclic) bond motifs is 1. The maximum absolute atomic E-state index is 12.5. The number of aliphatic hydroxyl groups excluding tert-OH is 1. The zero-order chi connectivity index (χ0) is 15.5. The van der Waals surface area contributed by atoms with E-state index in [0.717, 1.165) is 0 Å². The summed E-state index contributed by atoms with van der Waals surface area (Å²) in [5, 5.41) is 13.4. The Morgan fingerprint density at radius 1 is 1.32 bits per heavy atom. The number of halogens is 1. The van der Waals surface area contributed by atoms with Crippen molar-refractivity contribution in [1.29, 1.82) is 0 Å². The van der Waals surface area contributed by atoms with Gasteiger partial charge in [0.2, 0.25) is 0 Å². The van der Waals surface area contributed by atoms with Crippen molar-refractivity contribution < 1.29 is 14.3 Å². The van der Waals surface area contributed by atoms with E-state index in [0.29, 0.717) is 27.2 Å². The van der Waals surface area contributed by atoms with Crippen LogP contribution in [0.4, 0.5) is 0 Å². The smallest absolute Gasteiger partial charge is 0.254 e. The Labute approximate surface area is 131 Å². The van der Waals surface area contributed by atoms with Crippen molar-refractivity contribution in [3.05, 3.63) is 65.2 Å². The molecule has 0 aliphatic rings. The number of aliphatic hydroxyl groups is 1. The molecule has 3 aromatic rings. The van der Waals surface area contributed by atoms with Crippen LogP contribution in [0.3, 0.4) is 0 Å². The minimum atomic E-state index is -0.614. The predicted molar refractivity (Wildman–Crippen MR) is 82.8 cm³/mol. The first-order chi connectivity index (χ1) is 10.7. The minimum absolute atomic E-state index is 0.266. The number of rotatable bonds is 4. The van der Waals surface area contributed by atoms with Crippen molar-refractivity contribution in [1.82, 2.24) is 10.3 Å². The largest absolute Gasteiger partial charge is 0.467 e. The van der Waals surface area contributed by atoms with Gasteiger partial charge in [0.05, 0.1) is 29.0 Å². The lowest BCUT2D eigenvalue weighted by molar-refractivity contribution is 0.0909. The van der Waals surface area contributed by atoms with Crippen molar-refractivity contribution >= 4 is 28.4 Å². The van der Waals surface area contributed by atoms with Gasteiger partial charge in [0.25, 0.3) is 5.91 Å². The molecule has 2 heterocycles. The van der Waals surface area contributed by atoms with Crippen LogP contribution < -0.4 is 5.32 Å². The van der Waals surface area contributed by atoms with Gasteiger partial charge in [-0.1, -0.05) is 11.6 Å².